The zero-order valence-corrected chi connectivity index (χ0v) is 12.6. The SMILES string of the molecule is CCC(C)(C)N(C)c1ccc(CBr)c(C)c1. The van der Waals surface area contributed by atoms with E-state index in [1.807, 2.05) is 0 Å². The molecule has 0 amide bonds. The Morgan fingerprint density at radius 3 is 2.38 bits per heavy atom. The van der Waals surface area contributed by atoms with Crippen LogP contribution < -0.4 is 4.90 Å². The van der Waals surface area contributed by atoms with Crippen LogP contribution in [0.15, 0.2) is 18.2 Å². The number of aryl methyl sites for hydroxylation is 1. The van der Waals surface area contributed by atoms with Gasteiger partial charge in [0.05, 0.1) is 0 Å². The molecule has 1 aromatic carbocycles. The van der Waals surface area contributed by atoms with Gasteiger partial charge < -0.3 is 4.90 Å². The number of anilines is 1. The fourth-order valence-electron chi connectivity index (χ4n) is 1.63. The number of halogens is 1. The van der Waals surface area contributed by atoms with E-state index in [4.69, 9.17) is 0 Å². The molecule has 0 fully saturated rings. The lowest BCUT2D eigenvalue weighted by Gasteiger charge is -2.37. The summed E-state index contributed by atoms with van der Waals surface area (Å²) in [7, 11) is 2.17. The largest absolute Gasteiger partial charge is 0.369 e. The highest BCUT2D eigenvalue weighted by Gasteiger charge is 2.21. The van der Waals surface area contributed by atoms with Crippen LogP contribution in [0, 0.1) is 6.92 Å². The zero-order valence-electron chi connectivity index (χ0n) is 11.0. The van der Waals surface area contributed by atoms with Crippen LogP contribution in [0.5, 0.6) is 0 Å². The van der Waals surface area contributed by atoms with Crippen molar-refractivity contribution >= 4 is 21.6 Å². The smallest absolute Gasteiger partial charge is 0.0370 e. The van der Waals surface area contributed by atoms with E-state index in [9.17, 15) is 0 Å². The van der Waals surface area contributed by atoms with Crippen LogP contribution in [0.3, 0.4) is 0 Å². The third kappa shape index (κ3) is 2.79. The van der Waals surface area contributed by atoms with Crippen LogP contribution in [0.4, 0.5) is 5.69 Å². The summed E-state index contributed by atoms with van der Waals surface area (Å²) in [5, 5.41) is 0.931. The predicted octanol–water partition coefficient (Wildman–Crippen LogP) is 4.51. The highest BCUT2D eigenvalue weighted by atomic mass is 79.9. The normalized spacial score (nSPS) is 11.6. The van der Waals surface area contributed by atoms with E-state index < -0.39 is 0 Å². The Kier molecular flexibility index (Phi) is 4.43. The molecule has 0 radical (unpaired) electrons. The zero-order chi connectivity index (χ0) is 12.3. The van der Waals surface area contributed by atoms with E-state index in [1.54, 1.807) is 0 Å². The van der Waals surface area contributed by atoms with E-state index in [0.717, 1.165) is 11.8 Å². The van der Waals surface area contributed by atoms with Crippen molar-refractivity contribution in [3.8, 4) is 0 Å². The molecule has 0 unspecified atom stereocenters. The Morgan fingerprint density at radius 1 is 1.31 bits per heavy atom. The number of benzene rings is 1. The molecular formula is C14H22BrN. The molecule has 16 heavy (non-hydrogen) atoms. The molecule has 1 nitrogen and oxygen atoms in total. The van der Waals surface area contributed by atoms with Gasteiger partial charge in [0.25, 0.3) is 0 Å². The van der Waals surface area contributed by atoms with Crippen LogP contribution >= 0.6 is 15.9 Å². The van der Waals surface area contributed by atoms with Crippen LogP contribution in [0.1, 0.15) is 38.3 Å². The molecule has 0 aliphatic rings. The first-order chi connectivity index (χ1) is 7.42. The minimum absolute atomic E-state index is 0.211. The Bertz CT molecular complexity index is 358. The van der Waals surface area contributed by atoms with Crippen molar-refractivity contribution in [2.75, 3.05) is 11.9 Å². The highest BCUT2D eigenvalue weighted by molar-refractivity contribution is 9.08. The van der Waals surface area contributed by atoms with Crippen molar-refractivity contribution in [2.45, 2.75) is 45.0 Å². The maximum atomic E-state index is 3.51. The minimum atomic E-state index is 0.211. The van der Waals surface area contributed by atoms with Gasteiger partial charge in [0.15, 0.2) is 0 Å². The van der Waals surface area contributed by atoms with E-state index in [2.05, 4.69) is 73.8 Å². The summed E-state index contributed by atoms with van der Waals surface area (Å²) < 4.78 is 0. The standard InChI is InChI=1S/C14H22BrN/c1-6-14(3,4)16(5)13-8-7-12(10-15)11(2)9-13/h7-9H,6,10H2,1-5H3. The molecule has 0 aliphatic heterocycles. The Hall–Kier alpha value is -0.500. The molecule has 0 atom stereocenters. The predicted molar refractivity (Wildman–Crippen MR) is 76.6 cm³/mol. The number of rotatable bonds is 4. The van der Waals surface area contributed by atoms with Crippen molar-refractivity contribution in [2.24, 2.45) is 0 Å². The molecule has 0 spiro atoms. The summed E-state index contributed by atoms with van der Waals surface area (Å²) in [4.78, 5) is 2.36. The molecule has 0 saturated heterocycles. The van der Waals surface area contributed by atoms with Crippen LogP contribution in [0.2, 0.25) is 0 Å². The average molecular weight is 284 g/mol. The average Bonchev–Trinajstić information content (AvgIpc) is 2.27. The first kappa shape index (κ1) is 13.6. The number of hydrogen-bond donors (Lipinski definition) is 0. The quantitative estimate of drug-likeness (QED) is 0.735. The van der Waals surface area contributed by atoms with Gasteiger partial charge >= 0.3 is 0 Å². The molecule has 1 rings (SSSR count). The molecule has 0 bridgehead atoms. The van der Waals surface area contributed by atoms with Crippen molar-refractivity contribution in [3.63, 3.8) is 0 Å². The molecule has 0 heterocycles. The summed E-state index contributed by atoms with van der Waals surface area (Å²) in [6.07, 6.45) is 1.14. The van der Waals surface area contributed by atoms with Crippen LogP contribution in [-0.2, 0) is 5.33 Å². The second-order valence-electron chi connectivity index (χ2n) is 4.97. The van der Waals surface area contributed by atoms with Gasteiger partial charge in [-0.25, -0.2) is 0 Å². The number of alkyl halides is 1. The first-order valence-corrected chi connectivity index (χ1v) is 6.94. The molecule has 0 N–H and O–H groups in total. The second-order valence-corrected chi connectivity index (χ2v) is 5.53. The van der Waals surface area contributed by atoms with Gasteiger partial charge in [-0.3, -0.25) is 0 Å². The lowest BCUT2D eigenvalue weighted by atomic mass is 9.98. The summed E-state index contributed by atoms with van der Waals surface area (Å²) in [6.45, 7) is 8.96. The maximum Gasteiger partial charge on any atom is 0.0370 e. The Balaban J connectivity index is 3.02. The van der Waals surface area contributed by atoms with E-state index >= 15 is 0 Å². The van der Waals surface area contributed by atoms with Crippen molar-refractivity contribution < 1.29 is 0 Å². The fourth-order valence-corrected chi connectivity index (χ4v) is 2.25. The van der Waals surface area contributed by atoms with E-state index in [0.29, 0.717) is 0 Å². The third-order valence-electron chi connectivity index (χ3n) is 3.63. The lowest BCUT2D eigenvalue weighted by molar-refractivity contribution is 0.471. The fraction of sp³-hybridized carbons (Fsp3) is 0.571. The number of hydrogen-bond acceptors (Lipinski definition) is 1. The lowest BCUT2D eigenvalue weighted by Crippen LogP contribution is -2.40. The van der Waals surface area contributed by atoms with E-state index in [1.165, 1.54) is 16.8 Å². The summed E-state index contributed by atoms with van der Waals surface area (Å²) >= 11 is 3.51. The summed E-state index contributed by atoms with van der Waals surface area (Å²) in [6, 6.07) is 6.69. The monoisotopic (exact) mass is 283 g/mol. The van der Waals surface area contributed by atoms with Gasteiger partial charge in [0.1, 0.15) is 0 Å². The molecule has 90 valence electrons. The Morgan fingerprint density at radius 2 is 1.94 bits per heavy atom. The first-order valence-electron chi connectivity index (χ1n) is 5.81. The molecule has 1 aromatic rings. The van der Waals surface area contributed by atoms with Gasteiger partial charge in [-0.1, -0.05) is 28.9 Å². The molecule has 0 saturated carbocycles. The molecular weight excluding hydrogens is 262 g/mol. The van der Waals surface area contributed by atoms with Crippen molar-refractivity contribution in [1.29, 1.82) is 0 Å². The topological polar surface area (TPSA) is 3.24 Å². The Labute approximate surface area is 108 Å². The van der Waals surface area contributed by atoms with Gasteiger partial charge in [0.2, 0.25) is 0 Å². The van der Waals surface area contributed by atoms with Gasteiger partial charge in [-0.05, 0) is 50.5 Å². The van der Waals surface area contributed by atoms with E-state index in [-0.39, 0.29) is 5.54 Å². The number of nitrogens with zero attached hydrogens (tertiary/aromatic N) is 1. The van der Waals surface area contributed by atoms with Crippen molar-refractivity contribution in [3.05, 3.63) is 29.3 Å². The minimum Gasteiger partial charge on any atom is -0.369 e. The van der Waals surface area contributed by atoms with Gasteiger partial charge in [0, 0.05) is 23.6 Å². The summed E-state index contributed by atoms with van der Waals surface area (Å²) in [5.74, 6) is 0. The van der Waals surface area contributed by atoms with Gasteiger partial charge in [-0.2, -0.15) is 0 Å². The van der Waals surface area contributed by atoms with Gasteiger partial charge in [-0.15, -0.1) is 0 Å². The summed E-state index contributed by atoms with van der Waals surface area (Å²) in [5.41, 5.74) is 4.23. The van der Waals surface area contributed by atoms with Crippen LogP contribution in [0.25, 0.3) is 0 Å². The maximum absolute atomic E-state index is 3.51. The molecule has 0 aliphatic carbocycles. The van der Waals surface area contributed by atoms with Crippen molar-refractivity contribution in [1.82, 2.24) is 0 Å². The second kappa shape index (κ2) is 5.22. The van der Waals surface area contributed by atoms with Crippen LogP contribution in [-0.4, -0.2) is 12.6 Å². The third-order valence-corrected chi connectivity index (χ3v) is 4.23. The highest BCUT2D eigenvalue weighted by Crippen LogP contribution is 2.27. The molecule has 2 heteroatoms. The molecule has 0 aromatic heterocycles.